The van der Waals surface area contributed by atoms with Gasteiger partial charge in [0.1, 0.15) is 0 Å². The summed E-state index contributed by atoms with van der Waals surface area (Å²) >= 11 is 3.42. The topological polar surface area (TPSA) is 383 Å². The van der Waals surface area contributed by atoms with E-state index in [0.717, 1.165) is 109 Å². The summed E-state index contributed by atoms with van der Waals surface area (Å²) in [5.74, 6) is 0. The number of benzene rings is 6. The van der Waals surface area contributed by atoms with Crippen molar-refractivity contribution in [1.29, 1.82) is 0 Å². The number of aromatic amines is 4. The Hall–Kier alpha value is -7.58. The van der Waals surface area contributed by atoms with Crippen LogP contribution in [0.1, 0.15) is 22.5 Å². The minimum Gasteiger partial charge on any atom is -0.632 e. The molecule has 2 aliphatic rings. The maximum atomic E-state index is 10.8. The number of nitrogens with one attached hydrogen (secondary N) is 8. The Morgan fingerprint density at radius 1 is 0.429 bits per heavy atom. The van der Waals surface area contributed by atoms with Crippen LogP contribution in [0.25, 0.3) is 131 Å². The third-order valence-electron chi connectivity index (χ3n) is 14.3. The van der Waals surface area contributed by atoms with Crippen molar-refractivity contribution in [2.24, 2.45) is 0 Å². The molecule has 4 radical (unpaired) electrons. The van der Waals surface area contributed by atoms with E-state index in [9.17, 15) is 38.4 Å². The number of fused-ring (bicyclic) bond motifs is 11. The van der Waals surface area contributed by atoms with Gasteiger partial charge in [-0.05, 0) is 134 Å². The SMILES string of the molecule is COC([NH-])=O.COC([NH-])=O.COC([NH-])=O.COC([NH-])=O.O=[C-]Pc1ncc(-c2cc3ccc(-c4ccc5c6c(ccc5c4)-c4nc(P[C-]=O)[nH]c4CC6)cc3s2)[nH]1.O=[C-]Pc1ncc(-c2cc3ccc(-c4ccc5cc6c(cc5c4)CCc4[nH]c(P[C-]=O)nc4-6)cc3s2)[nH]1.[V+2].[V+2].[V+2].[V+2]. The van der Waals surface area contributed by atoms with Gasteiger partial charge in [-0.15, -0.1) is 22.7 Å². The number of hydrogen-bond acceptors (Lipinski definition) is 18. The molecule has 14 rings (SSSR count). The number of amides is 4. The van der Waals surface area contributed by atoms with Crippen molar-refractivity contribution < 1.29 is 132 Å². The molecule has 8 N–H and O–H groups in total. The van der Waals surface area contributed by atoms with Crippen LogP contribution in [0.3, 0.4) is 0 Å². The molecule has 98 heavy (non-hydrogen) atoms. The van der Waals surface area contributed by atoms with E-state index in [2.05, 4.69) is 168 Å². The Kier molecular flexibility index (Phi) is 32.0. The summed E-state index contributed by atoms with van der Waals surface area (Å²) in [5, 5.41) is 7.21. The molecule has 34 heteroatoms. The predicted octanol–water partition coefficient (Wildman–Crippen LogP) is 13.9. The van der Waals surface area contributed by atoms with Crippen molar-refractivity contribution in [3.63, 3.8) is 0 Å². The van der Waals surface area contributed by atoms with Gasteiger partial charge in [0.25, 0.3) is 0 Å². The minimum atomic E-state index is -0.995. The fourth-order valence-electron chi connectivity index (χ4n) is 10.2. The summed E-state index contributed by atoms with van der Waals surface area (Å²) in [4.78, 5) is 113. The zero-order valence-corrected chi connectivity index (χ0v) is 62.9. The van der Waals surface area contributed by atoms with Gasteiger partial charge < -0.3 is 81.0 Å². The van der Waals surface area contributed by atoms with Gasteiger partial charge in [0.05, 0.1) is 95.6 Å². The van der Waals surface area contributed by atoms with E-state index in [0.29, 0.717) is 22.3 Å². The van der Waals surface area contributed by atoms with Gasteiger partial charge in [0.15, 0.2) is 0 Å². The quantitative estimate of drug-likeness (QED) is 0.0501. The molecule has 0 aliphatic heterocycles. The second kappa shape index (κ2) is 38.7. The predicted molar refractivity (Wildman–Crippen MR) is 376 cm³/mol. The Morgan fingerprint density at radius 3 is 1.27 bits per heavy atom. The second-order valence-corrected chi connectivity index (χ2v) is 25.7. The number of carbonyl (C=O) groups excluding carboxylic acids is 8. The van der Waals surface area contributed by atoms with Crippen LogP contribution in [0, 0.1) is 0 Å². The van der Waals surface area contributed by atoms with Gasteiger partial charge in [0.2, 0.25) is 24.4 Å². The van der Waals surface area contributed by atoms with E-state index in [-0.39, 0.29) is 109 Å². The summed E-state index contributed by atoms with van der Waals surface area (Å²) in [6, 6.07) is 47.3. The molecule has 0 saturated heterocycles. The van der Waals surface area contributed by atoms with Gasteiger partial charge >= 0.3 is 74.2 Å². The van der Waals surface area contributed by atoms with Crippen LogP contribution in [0.5, 0.6) is 0 Å². The number of thiophene rings is 2. The normalized spacial score (nSPS) is 11.3. The zero-order valence-electron chi connectivity index (χ0n) is 51.7. The van der Waals surface area contributed by atoms with Crippen molar-refractivity contribution in [3.05, 3.63) is 167 Å². The van der Waals surface area contributed by atoms with Crippen LogP contribution in [0.4, 0.5) is 19.2 Å². The summed E-state index contributed by atoms with van der Waals surface area (Å²) in [6.07, 6.45) is 3.26. The van der Waals surface area contributed by atoms with Crippen molar-refractivity contribution in [1.82, 2.24) is 39.9 Å². The number of rotatable bonds is 12. The first kappa shape index (κ1) is 81.1. The number of aromatic nitrogens is 8. The first-order chi connectivity index (χ1) is 45.5. The third kappa shape index (κ3) is 20.5. The molecule has 492 valence electrons. The summed E-state index contributed by atoms with van der Waals surface area (Å²) in [5.41, 5.74) is 42.2. The number of aryl methyl sites for hydroxylation is 4. The smallest absolute Gasteiger partial charge is 0.632 e. The molecule has 6 heterocycles. The van der Waals surface area contributed by atoms with Crippen molar-refractivity contribution >= 4 is 169 Å². The van der Waals surface area contributed by atoms with Crippen LogP contribution in [0.15, 0.2) is 122 Å². The monoisotopic (exact) mass is 1570 g/mol. The molecule has 12 aromatic rings. The van der Waals surface area contributed by atoms with E-state index in [1.807, 2.05) is 24.1 Å². The zero-order chi connectivity index (χ0) is 67.0. The molecule has 0 saturated carbocycles. The molecule has 6 aromatic carbocycles. The number of hydrogen-bond donors (Lipinski definition) is 4. The van der Waals surface area contributed by atoms with E-state index < -0.39 is 24.4 Å². The second-order valence-electron chi connectivity index (χ2n) is 19.8. The Morgan fingerprint density at radius 2 is 0.816 bits per heavy atom. The molecule has 4 unspecified atom stereocenters. The molecular weight excluding hydrogens is 1520 g/mol. The molecule has 0 spiro atoms. The number of imidazole rings is 4. The van der Waals surface area contributed by atoms with Crippen LogP contribution in [-0.4, -0.2) is 117 Å². The maximum Gasteiger partial charge on any atom is 2.00 e. The first-order valence-electron chi connectivity index (χ1n) is 27.7. The minimum absolute atomic E-state index is 0. The van der Waals surface area contributed by atoms with E-state index in [1.54, 1.807) is 35.1 Å². The average molecular weight is 1570 g/mol. The molecule has 2 aliphatic carbocycles. The standard InChI is InChI=1S/2C28H18N4O2P2S.4C2H5NO2.4V/c33-13-35-27-29-12-23(31-27)25-11-18-2-1-16(10-24(18)37-25)15-3-5-19-17(9-15)4-6-21-20(19)7-8-22-26(21)32-28(30-22)36-14-34;33-13-35-27-29-12-23(31-27)25-11-19-4-3-17(10-24(19)37-25)15-1-2-16-9-21-18(8-20(16)7-15)5-6-22-26(21)32-28(30-22)36-14-34;4*1-5-2(3)4;;;;/h1-6,9-12,35-36H,7-8H2,(H,29,31)(H,30,32);1-4,7-12,35-36H,5-6H2,(H,29,31)(H,30,32);4*1H3,(H2,3,4);;;;/q2*-2;;;;;4*+2/p-4. The molecule has 4 amide bonds. The van der Waals surface area contributed by atoms with E-state index >= 15 is 0 Å². The fraction of sp³-hybridized carbons (Fsp3) is 0.125. The molecule has 0 bridgehead atoms. The van der Waals surface area contributed by atoms with Crippen molar-refractivity contribution in [3.8, 4) is 65.9 Å². The number of nitrogens with zero attached hydrogens (tertiary/aromatic N) is 4. The Balaban J connectivity index is 0.000000269. The van der Waals surface area contributed by atoms with Crippen LogP contribution >= 0.6 is 57.0 Å². The van der Waals surface area contributed by atoms with Gasteiger partial charge in [0, 0.05) is 31.9 Å². The maximum absolute atomic E-state index is 10.8. The van der Waals surface area contributed by atoms with E-state index in [4.69, 9.17) is 22.9 Å². The van der Waals surface area contributed by atoms with Crippen molar-refractivity contribution in [2.75, 3.05) is 28.4 Å². The summed E-state index contributed by atoms with van der Waals surface area (Å²) in [7, 11) is 4.36. The number of methoxy groups -OCH3 is 4. The molecule has 0 fully saturated rings. The Bertz CT molecular complexity index is 4600. The fourth-order valence-corrected chi connectivity index (χ4v) is 14.1. The van der Waals surface area contributed by atoms with Crippen LogP contribution < -0.4 is 22.3 Å². The third-order valence-corrected chi connectivity index (χ3v) is 18.9. The number of ether oxygens (including phenoxy) is 4. The number of H-pyrrole nitrogens is 4. The molecule has 6 aromatic heterocycles. The molecule has 4 atom stereocenters. The van der Waals surface area contributed by atoms with Gasteiger partial charge in [-0.2, -0.15) is 34.3 Å². The molecular formula is C64H52N12O12P4S2V4. The van der Waals surface area contributed by atoms with Gasteiger partial charge in [-0.3, -0.25) is 19.2 Å². The average Bonchev–Trinajstić information content (AvgIpc) is 1.16. The van der Waals surface area contributed by atoms with Gasteiger partial charge in [-0.25, -0.2) is 44.0 Å². The Labute approximate surface area is 622 Å². The largest absolute Gasteiger partial charge is 2.00 e. The van der Waals surface area contributed by atoms with E-state index in [1.165, 1.54) is 75.1 Å². The van der Waals surface area contributed by atoms with Crippen LogP contribution in [-0.2, 0) is 138 Å². The van der Waals surface area contributed by atoms with Crippen molar-refractivity contribution in [2.45, 2.75) is 25.7 Å². The van der Waals surface area contributed by atoms with Crippen LogP contribution in [0.2, 0.25) is 0 Å². The number of carbonyl (C=O) groups is 4. The summed E-state index contributed by atoms with van der Waals surface area (Å²) in [6.45, 7) is 0. The molecule has 24 nitrogen and oxygen atoms in total. The van der Waals surface area contributed by atoms with Gasteiger partial charge in [-0.1, -0.05) is 66.7 Å². The first-order valence-corrected chi connectivity index (χ1v) is 33.3. The summed E-state index contributed by atoms with van der Waals surface area (Å²) < 4.78 is 17.5.